The molecular weight excluding hydrogens is 371 g/mol. The van der Waals surface area contributed by atoms with E-state index >= 15 is 0 Å². The third kappa shape index (κ3) is 4.28. The number of nitrogens with zero attached hydrogens (tertiary/aromatic N) is 3. The molecule has 1 aromatic heterocycles. The van der Waals surface area contributed by atoms with Gasteiger partial charge in [-0.05, 0) is 62.7 Å². The van der Waals surface area contributed by atoms with E-state index in [1.807, 2.05) is 0 Å². The van der Waals surface area contributed by atoms with Gasteiger partial charge in [-0.25, -0.2) is 0 Å². The van der Waals surface area contributed by atoms with Crippen molar-refractivity contribution in [3.8, 4) is 17.0 Å². The van der Waals surface area contributed by atoms with E-state index in [0.717, 1.165) is 38.5 Å². The Hall–Kier alpha value is -2.19. The number of piperidine rings is 1. The van der Waals surface area contributed by atoms with Crippen LogP contribution >= 0.6 is 0 Å². The average molecular weight is 395 g/mol. The number of phenols is 1. The third-order valence-electron chi connectivity index (χ3n) is 5.32. The first-order valence-electron chi connectivity index (χ1n) is 9.36. The molecule has 0 radical (unpaired) electrons. The Kier molecular flexibility index (Phi) is 5.90. The van der Waals surface area contributed by atoms with Crippen LogP contribution in [0, 0.1) is 12.8 Å². The first kappa shape index (κ1) is 20.5. The van der Waals surface area contributed by atoms with Gasteiger partial charge in [-0.15, -0.1) is 5.10 Å². The number of aromatic hydroxyl groups is 1. The molecular formula is C20H24F3N3O2. The summed E-state index contributed by atoms with van der Waals surface area (Å²) in [6.45, 7) is 6.57. The number of hydrogen-bond acceptors (Lipinski definition) is 5. The molecule has 1 aromatic carbocycles. The lowest BCUT2D eigenvalue weighted by molar-refractivity contribution is -0.137. The lowest BCUT2D eigenvalue weighted by atomic mass is 9.90. The van der Waals surface area contributed by atoms with Crippen LogP contribution in [0.2, 0.25) is 0 Å². The summed E-state index contributed by atoms with van der Waals surface area (Å²) in [6, 6.07) is 4.46. The molecule has 28 heavy (non-hydrogen) atoms. The van der Waals surface area contributed by atoms with Crippen LogP contribution in [0.3, 0.4) is 0 Å². The van der Waals surface area contributed by atoms with Gasteiger partial charge >= 0.3 is 6.18 Å². The van der Waals surface area contributed by atoms with E-state index in [9.17, 15) is 23.4 Å². The van der Waals surface area contributed by atoms with Crippen LogP contribution in [0.4, 0.5) is 13.2 Å². The molecule has 0 bridgehead atoms. The number of hydrogen-bond donors (Lipinski definition) is 2. The first-order chi connectivity index (χ1) is 13.2. The maximum absolute atomic E-state index is 12.8. The van der Waals surface area contributed by atoms with Crippen molar-refractivity contribution >= 4 is 0 Å². The number of rotatable bonds is 4. The van der Waals surface area contributed by atoms with E-state index in [4.69, 9.17) is 0 Å². The Balaban J connectivity index is 1.85. The fourth-order valence-electron chi connectivity index (χ4n) is 3.70. The van der Waals surface area contributed by atoms with Gasteiger partial charge in [0.05, 0.1) is 17.0 Å². The number of alkyl halides is 3. The fourth-order valence-corrected chi connectivity index (χ4v) is 3.70. The van der Waals surface area contributed by atoms with Gasteiger partial charge in [-0.3, -0.25) is 0 Å². The van der Waals surface area contributed by atoms with Gasteiger partial charge in [0.2, 0.25) is 0 Å². The number of aliphatic hydroxyl groups excluding tert-OH is 1. The van der Waals surface area contributed by atoms with Gasteiger partial charge in [0.25, 0.3) is 0 Å². The quantitative estimate of drug-likeness (QED) is 0.821. The molecule has 152 valence electrons. The number of phenolic OH excluding ortho intramolecular Hbond substituents is 1. The maximum atomic E-state index is 12.8. The van der Waals surface area contributed by atoms with Crippen LogP contribution in [-0.2, 0) is 6.18 Å². The van der Waals surface area contributed by atoms with Crippen LogP contribution in [0.5, 0.6) is 5.75 Å². The molecule has 0 saturated carbocycles. The minimum absolute atomic E-state index is 0.0627. The smallest absolute Gasteiger partial charge is 0.416 e. The van der Waals surface area contributed by atoms with Gasteiger partial charge in [0, 0.05) is 18.0 Å². The van der Waals surface area contributed by atoms with Crippen molar-refractivity contribution in [3.05, 3.63) is 41.1 Å². The maximum Gasteiger partial charge on any atom is 0.416 e. The van der Waals surface area contributed by atoms with Crippen molar-refractivity contribution in [1.82, 2.24) is 15.1 Å². The van der Waals surface area contributed by atoms with E-state index < -0.39 is 23.6 Å². The molecule has 0 aliphatic carbocycles. The number of aromatic nitrogens is 2. The van der Waals surface area contributed by atoms with E-state index in [-0.39, 0.29) is 11.5 Å². The fraction of sp³-hybridized carbons (Fsp3) is 0.500. The molecule has 1 unspecified atom stereocenters. The summed E-state index contributed by atoms with van der Waals surface area (Å²) in [5.74, 6) is -0.445. The molecule has 8 heteroatoms. The minimum Gasteiger partial charge on any atom is -0.507 e. The molecule has 1 saturated heterocycles. The van der Waals surface area contributed by atoms with Crippen LogP contribution < -0.4 is 0 Å². The number of aryl methyl sites for hydroxylation is 1. The third-order valence-corrected chi connectivity index (χ3v) is 5.32. The Morgan fingerprint density at radius 3 is 2.61 bits per heavy atom. The van der Waals surface area contributed by atoms with E-state index in [1.165, 1.54) is 6.07 Å². The molecule has 2 N–H and O–H groups in total. The van der Waals surface area contributed by atoms with Crippen molar-refractivity contribution in [2.45, 2.75) is 39.0 Å². The van der Waals surface area contributed by atoms with Crippen LogP contribution in [-0.4, -0.2) is 44.9 Å². The molecule has 0 spiro atoms. The molecule has 1 aliphatic rings. The molecule has 2 heterocycles. The lowest BCUT2D eigenvalue weighted by Gasteiger charge is -2.34. The Bertz CT molecular complexity index is 842. The molecule has 2 aromatic rings. The summed E-state index contributed by atoms with van der Waals surface area (Å²) >= 11 is 0. The second-order valence-electron chi connectivity index (χ2n) is 7.27. The molecule has 0 amide bonds. The average Bonchev–Trinajstić information content (AvgIpc) is 2.67. The van der Waals surface area contributed by atoms with Gasteiger partial charge in [-0.2, -0.15) is 18.3 Å². The topological polar surface area (TPSA) is 69.5 Å². The van der Waals surface area contributed by atoms with Crippen molar-refractivity contribution in [2.75, 3.05) is 19.6 Å². The van der Waals surface area contributed by atoms with Crippen LogP contribution in [0.15, 0.2) is 24.3 Å². The Morgan fingerprint density at radius 2 is 2.00 bits per heavy atom. The highest BCUT2D eigenvalue weighted by atomic mass is 19.4. The Morgan fingerprint density at radius 1 is 1.25 bits per heavy atom. The second kappa shape index (κ2) is 8.05. The summed E-state index contributed by atoms with van der Waals surface area (Å²) in [7, 11) is 0. The van der Waals surface area contributed by atoms with E-state index in [2.05, 4.69) is 22.0 Å². The predicted molar refractivity (Wildman–Crippen MR) is 98.7 cm³/mol. The highest BCUT2D eigenvalue weighted by Crippen LogP contribution is 2.37. The number of aliphatic hydroxyl groups is 1. The van der Waals surface area contributed by atoms with E-state index in [1.54, 1.807) is 13.0 Å². The Labute approximate surface area is 161 Å². The number of benzene rings is 1. The normalized spacial score (nSPS) is 19.6. The van der Waals surface area contributed by atoms with E-state index in [0.29, 0.717) is 23.0 Å². The van der Waals surface area contributed by atoms with Crippen molar-refractivity contribution in [2.24, 2.45) is 5.92 Å². The number of likely N-dealkylation sites (tertiary alicyclic amines) is 1. The first-order valence-corrected chi connectivity index (χ1v) is 9.36. The van der Waals surface area contributed by atoms with Crippen molar-refractivity contribution in [1.29, 1.82) is 0 Å². The molecule has 1 aliphatic heterocycles. The summed E-state index contributed by atoms with van der Waals surface area (Å²) in [5, 5.41) is 29.0. The van der Waals surface area contributed by atoms with Crippen LogP contribution in [0.1, 0.15) is 42.7 Å². The number of halogens is 3. The minimum atomic E-state index is -4.53. The monoisotopic (exact) mass is 395 g/mol. The molecule has 1 fully saturated rings. The highest BCUT2D eigenvalue weighted by molar-refractivity contribution is 5.69. The van der Waals surface area contributed by atoms with Gasteiger partial charge in [0.15, 0.2) is 0 Å². The lowest BCUT2D eigenvalue weighted by Crippen LogP contribution is -2.37. The molecule has 5 nitrogen and oxygen atoms in total. The standard InChI is InChI=1S/C20H24F3N3O2/c1-3-26-8-4-5-13(11-26)19(28)16-9-12(2)18(25-24-16)15-7-6-14(10-17(15)27)20(21,22)23/h6-7,9-10,13,19,27-28H,3-5,8,11H2,1-2H3/t13-,19?/m1/s1. The van der Waals surface area contributed by atoms with Crippen molar-refractivity contribution in [3.63, 3.8) is 0 Å². The van der Waals surface area contributed by atoms with Gasteiger partial charge in [-0.1, -0.05) is 6.92 Å². The highest BCUT2D eigenvalue weighted by Gasteiger charge is 2.32. The second-order valence-corrected chi connectivity index (χ2v) is 7.27. The van der Waals surface area contributed by atoms with Crippen LogP contribution in [0.25, 0.3) is 11.3 Å². The predicted octanol–water partition coefficient (Wildman–Crippen LogP) is 3.94. The molecule has 3 rings (SSSR count). The zero-order chi connectivity index (χ0) is 20.5. The summed E-state index contributed by atoms with van der Waals surface area (Å²) in [6.07, 6.45) is -3.37. The molecule has 2 atom stereocenters. The SMILES string of the molecule is CCN1CCC[C@@H](C(O)c2cc(C)c(-c3ccc(C(F)(F)F)cc3O)nn2)C1. The zero-order valence-electron chi connectivity index (χ0n) is 15.9. The van der Waals surface area contributed by atoms with Crippen molar-refractivity contribution < 1.29 is 23.4 Å². The largest absolute Gasteiger partial charge is 0.507 e. The summed E-state index contributed by atoms with van der Waals surface area (Å²) < 4.78 is 38.3. The summed E-state index contributed by atoms with van der Waals surface area (Å²) in [4.78, 5) is 2.28. The summed E-state index contributed by atoms with van der Waals surface area (Å²) in [5.41, 5.74) is 0.608. The van der Waals surface area contributed by atoms with Gasteiger partial charge < -0.3 is 15.1 Å². The van der Waals surface area contributed by atoms with Gasteiger partial charge in [0.1, 0.15) is 11.9 Å². The zero-order valence-corrected chi connectivity index (χ0v) is 15.9.